The highest BCUT2D eigenvalue weighted by atomic mass is 35.5. The summed E-state index contributed by atoms with van der Waals surface area (Å²) in [6, 6.07) is 13.8. The summed E-state index contributed by atoms with van der Waals surface area (Å²) in [4.78, 5) is 20.1. The number of carbonyl (C=O) groups excluding carboxylic acids is 1. The van der Waals surface area contributed by atoms with E-state index in [0.717, 1.165) is 5.69 Å². The molecule has 138 valence electrons. The van der Waals surface area contributed by atoms with Crippen LogP contribution in [0.5, 0.6) is 5.75 Å². The van der Waals surface area contributed by atoms with Gasteiger partial charge < -0.3 is 20.1 Å². The van der Waals surface area contributed by atoms with E-state index in [9.17, 15) is 4.79 Å². The number of methoxy groups -OCH3 is 2. The summed E-state index contributed by atoms with van der Waals surface area (Å²) in [5, 5.41) is 6.81. The molecule has 0 amide bonds. The third kappa shape index (κ3) is 4.65. The van der Waals surface area contributed by atoms with Gasteiger partial charge in [0.25, 0.3) is 0 Å². The van der Waals surface area contributed by atoms with Crippen LogP contribution in [0, 0.1) is 0 Å². The average molecular weight is 385 g/mol. The van der Waals surface area contributed by atoms with E-state index < -0.39 is 0 Å². The number of aromatic nitrogens is 2. The zero-order chi connectivity index (χ0) is 19.2. The number of esters is 1. The van der Waals surface area contributed by atoms with Crippen LogP contribution in [-0.4, -0.2) is 30.2 Å². The number of nitrogens with zero attached hydrogens (tertiary/aromatic N) is 2. The highest BCUT2D eigenvalue weighted by molar-refractivity contribution is 6.31. The fourth-order valence-electron chi connectivity index (χ4n) is 2.34. The Bertz CT molecular complexity index is 948. The van der Waals surface area contributed by atoms with Gasteiger partial charge in [0.2, 0.25) is 5.95 Å². The quantitative estimate of drug-likeness (QED) is 0.608. The SMILES string of the molecule is COC(=O)c1ccc(Nc2ccnc(Nc3cc(Cl)ccc3OC)n2)cc1. The van der Waals surface area contributed by atoms with Crippen LogP contribution in [0.2, 0.25) is 5.02 Å². The first-order valence-corrected chi connectivity index (χ1v) is 8.36. The molecule has 0 saturated carbocycles. The van der Waals surface area contributed by atoms with Crippen LogP contribution in [0.15, 0.2) is 54.7 Å². The Morgan fingerprint density at radius 3 is 2.52 bits per heavy atom. The molecular formula is C19H17ClN4O3. The molecule has 3 aromatic rings. The number of ether oxygens (including phenoxy) is 2. The van der Waals surface area contributed by atoms with Crippen LogP contribution in [0.4, 0.5) is 23.1 Å². The summed E-state index contributed by atoms with van der Waals surface area (Å²) in [5.74, 6) is 1.20. The summed E-state index contributed by atoms with van der Waals surface area (Å²) in [7, 11) is 2.92. The van der Waals surface area contributed by atoms with Crippen LogP contribution in [0.1, 0.15) is 10.4 Å². The van der Waals surface area contributed by atoms with Crippen LogP contribution in [0.3, 0.4) is 0 Å². The third-order valence-corrected chi connectivity index (χ3v) is 3.88. The number of anilines is 4. The van der Waals surface area contributed by atoms with E-state index in [1.807, 2.05) is 0 Å². The van der Waals surface area contributed by atoms with E-state index in [0.29, 0.717) is 33.8 Å². The van der Waals surface area contributed by atoms with Crippen molar-refractivity contribution in [3.8, 4) is 5.75 Å². The predicted octanol–water partition coefficient (Wildman–Crippen LogP) is 4.41. The molecule has 0 aliphatic rings. The second-order valence-electron chi connectivity index (χ2n) is 5.43. The van der Waals surface area contributed by atoms with Crippen molar-refractivity contribution in [1.29, 1.82) is 0 Å². The zero-order valence-corrected chi connectivity index (χ0v) is 15.4. The van der Waals surface area contributed by atoms with E-state index >= 15 is 0 Å². The lowest BCUT2D eigenvalue weighted by atomic mass is 10.2. The van der Waals surface area contributed by atoms with Gasteiger partial charge in [-0.2, -0.15) is 4.98 Å². The number of carbonyl (C=O) groups is 1. The number of benzene rings is 2. The van der Waals surface area contributed by atoms with E-state index in [1.54, 1.807) is 61.8 Å². The molecule has 3 rings (SSSR count). The van der Waals surface area contributed by atoms with Gasteiger partial charge in [-0.25, -0.2) is 9.78 Å². The van der Waals surface area contributed by atoms with Gasteiger partial charge in [-0.3, -0.25) is 0 Å². The highest BCUT2D eigenvalue weighted by Gasteiger charge is 2.08. The molecule has 1 heterocycles. The van der Waals surface area contributed by atoms with E-state index in [-0.39, 0.29) is 5.97 Å². The largest absolute Gasteiger partial charge is 0.495 e. The minimum absolute atomic E-state index is 0.381. The second-order valence-corrected chi connectivity index (χ2v) is 5.87. The van der Waals surface area contributed by atoms with Crippen LogP contribution in [-0.2, 0) is 4.74 Å². The lowest BCUT2D eigenvalue weighted by molar-refractivity contribution is 0.0601. The smallest absolute Gasteiger partial charge is 0.337 e. The summed E-state index contributed by atoms with van der Waals surface area (Å²) in [5.41, 5.74) is 1.90. The summed E-state index contributed by atoms with van der Waals surface area (Å²) >= 11 is 6.04. The molecule has 0 aliphatic heterocycles. The normalized spacial score (nSPS) is 10.2. The Morgan fingerprint density at radius 2 is 1.81 bits per heavy atom. The molecule has 1 aromatic heterocycles. The molecule has 0 unspecified atom stereocenters. The molecule has 0 saturated heterocycles. The molecule has 0 atom stereocenters. The van der Waals surface area contributed by atoms with Crippen molar-refractivity contribution < 1.29 is 14.3 Å². The molecule has 2 N–H and O–H groups in total. The van der Waals surface area contributed by atoms with Crippen LogP contribution >= 0.6 is 11.6 Å². The van der Waals surface area contributed by atoms with Gasteiger partial charge in [0.1, 0.15) is 11.6 Å². The number of halogens is 1. The topological polar surface area (TPSA) is 85.4 Å². The number of rotatable bonds is 6. The minimum Gasteiger partial charge on any atom is -0.495 e. The molecule has 27 heavy (non-hydrogen) atoms. The van der Waals surface area contributed by atoms with Crippen molar-refractivity contribution in [2.24, 2.45) is 0 Å². The van der Waals surface area contributed by atoms with E-state index in [2.05, 4.69) is 25.3 Å². The first-order chi connectivity index (χ1) is 13.1. The highest BCUT2D eigenvalue weighted by Crippen LogP contribution is 2.29. The average Bonchev–Trinajstić information content (AvgIpc) is 2.68. The van der Waals surface area contributed by atoms with Crippen molar-refractivity contribution >= 4 is 40.7 Å². The maximum Gasteiger partial charge on any atom is 0.337 e. The number of hydrogen-bond acceptors (Lipinski definition) is 7. The lowest BCUT2D eigenvalue weighted by Gasteiger charge is -2.11. The van der Waals surface area contributed by atoms with Crippen molar-refractivity contribution in [3.63, 3.8) is 0 Å². The Morgan fingerprint density at radius 1 is 1.04 bits per heavy atom. The molecule has 0 spiro atoms. The van der Waals surface area contributed by atoms with Crippen molar-refractivity contribution in [2.45, 2.75) is 0 Å². The summed E-state index contributed by atoms with van der Waals surface area (Å²) < 4.78 is 9.99. The first kappa shape index (κ1) is 18.5. The van der Waals surface area contributed by atoms with Gasteiger partial charge in [0, 0.05) is 16.9 Å². The fourth-order valence-corrected chi connectivity index (χ4v) is 2.51. The Labute approximate surface area is 161 Å². The maximum atomic E-state index is 11.5. The predicted molar refractivity (Wildman–Crippen MR) is 104 cm³/mol. The molecule has 7 nitrogen and oxygen atoms in total. The zero-order valence-electron chi connectivity index (χ0n) is 14.7. The Kier molecular flexibility index (Phi) is 5.73. The van der Waals surface area contributed by atoms with Gasteiger partial charge in [-0.15, -0.1) is 0 Å². The van der Waals surface area contributed by atoms with Gasteiger partial charge >= 0.3 is 5.97 Å². The van der Waals surface area contributed by atoms with E-state index in [1.165, 1.54) is 7.11 Å². The van der Waals surface area contributed by atoms with Gasteiger partial charge in [-0.05, 0) is 48.5 Å². The number of nitrogens with one attached hydrogen (secondary N) is 2. The van der Waals surface area contributed by atoms with Gasteiger partial charge in [0.15, 0.2) is 0 Å². The van der Waals surface area contributed by atoms with Gasteiger partial charge in [-0.1, -0.05) is 11.6 Å². The van der Waals surface area contributed by atoms with Gasteiger partial charge in [0.05, 0.1) is 25.5 Å². The number of hydrogen-bond donors (Lipinski definition) is 2. The standard InChI is InChI=1S/C19H17ClN4O3/c1-26-16-8-5-13(20)11-15(16)23-19-21-10-9-17(24-19)22-14-6-3-12(4-7-14)18(25)27-2/h3-11H,1-2H3,(H2,21,22,23,24). The Balaban J connectivity index is 1.76. The lowest BCUT2D eigenvalue weighted by Crippen LogP contribution is -2.03. The monoisotopic (exact) mass is 384 g/mol. The molecular weight excluding hydrogens is 368 g/mol. The molecule has 0 radical (unpaired) electrons. The van der Waals surface area contributed by atoms with Crippen molar-refractivity contribution in [1.82, 2.24) is 9.97 Å². The Hall–Kier alpha value is -3.32. The van der Waals surface area contributed by atoms with E-state index in [4.69, 9.17) is 16.3 Å². The second kappa shape index (κ2) is 8.37. The maximum absolute atomic E-state index is 11.5. The molecule has 0 fully saturated rings. The van der Waals surface area contributed by atoms with Crippen LogP contribution in [0.25, 0.3) is 0 Å². The molecule has 0 aliphatic carbocycles. The third-order valence-electron chi connectivity index (χ3n) is 3.64. The first-order valence-electron chi connectivity index (χ1n) is 7.98. The summed E-state index contributed by atoms with van der Waals surface area (Å²) in [6.07, 6.45) is 1.62. The van der Waals surface area contributed by atoms with Crippen LogP contribution < -0.4 is 15.4 Å². The van der Waals surface area contributed by atoms with Crippen molar-refractivity contribution in [3.05, 3.63) is 65.3 Å². The van der Waals surface area contributed by atoms with Crippen molar-refractivity contribution in [2.75, 3.05) is 24.9 Å². The summed E-state index contributed by atoms with van der Waals surface area (Å²) in [6.45, 7) is 0. The molecule has 0 bridgehead atoms. The molecule has 2 aromatic carbocycles. The fraction of sp³-hybridized carbons (Fsp3) is 0.105. The molecule has 8 heteroatoms. The minimum atomic E-state index is -0.384.